The lowest BCUT2D eigenvalue weighted by atomic mass is 9.61. The number of carbonyl (C=O) groups excluding carboxylic acids is 1. The molecule has 1 saturated carbocycles. The second-order valence-electron chi connectivity index (χ2n) is 5.78. The Balaban J connectivity index is 2.11. The van der Waals surface area contributed by atoms with Gasteiger partial charge < -0.3 is 10.8 Å². The standard InChI is InChI=1S/C15H20ClNO2/c1-14(19,13(17)18)9-10-15(7-2-8-15)11-3-5-12(16)6-4-11/h3-6,19H,2,7-10H2,1H3,(H2,17,18). The number of aliphatic hydroxyl groups is 1. The molecule has 1 aliphatic rings. The van der Waals surface area contributed by atoms with Gasteiger partial charge in [0.1, 0.15) is 5.60 Å². The SMILES string of the molecule is CC(O)(CCC1(c2ccc(Cl)cc2)CCC1)C(N)=O. The van der Waals surface area contributed by atoms with Crippen molar-refractivity contribution in [2.24, 2.45) is 5.73 Å². The first-order valence-corrected chi connectivity index (χ1v) is 7.02. The zero-order chi connectivity index (χ0) is 14.1. The maximum atomic E-state index is 11.2. The van der Waals surface area contributed by atoms with Crippen molar-refractivity contribution in [3.8, 4) is 0 Å². The minimum Gasteiger partial charge on any atom is -0.380 e. The van der Waals surface area contributed by atoms with Gasteiger partial charge in [0.2, 0.25) is 5.91 Å². The van der Waals surface area contributed by atoms with E-state index in [0.717, 1.165) is 24.3 Å². The number of hydrogen-bond donors (Lipinski definition) is 2. The predicted octanol–water partition coefficient (Wildman–Crippen LogP) is 2.78. The van der Waals surface area contributed by atoms with Crippen molar-refractivity contribution in [1.29, 1.82) is 0 Å². The molecule has 1 aliphatic carbocycles. The van der Waals surface area contributed by atoms with Crippen LogP contribution < -0.4 is 5.73 Å². The number of benzene rings is 1. The minimum absolute atomic E-state index is 0.0734. The second-order valence-corrected chi connectivity index (χ2v) is 6.22. The van der Waals surface area contributed by atoms with Gasteiger partial charge in [0, 0.05) is 5.02 Å². The Bertz CT molecular complexity index is 464. The Morgan fingerprint density at radius 1 is 1.42 bits per heavy atom. The van der Waals surface area contributed by atoms with Crippen LogP contribution in [0, 0.1) is 0 Å². The topological polar surface area (TPSA) is 63.3 Å². The summed E-state index contributed by atoms with van der Waals surface area (Å²) in [6.45, 7) is 1.49. The van der Waals surface area contributed by atoms with Crippen LogP contribution in [-0.4, -0.2) is 16.6 Å². The van der Waals surface area contributed by atoms with Crippen LogP contribution in [0.3, 0.4) is 0 Å². The number of halogens is 1. The number of hydrogen-bond acceptors (Lipinski definition) is 2. The monoisotopic (exact) mass is 281 g/mol. The maximum absolute atomic E-state index is 11.2. The fourth-order valence-corrected chi connectivity index (χ4v) is 2.82. The molecule has 0 heterocycles. The third kappa shape index (κ3) is 2.93. The number of amides is 1. The number of nitrogens with two attached hydrogens (primary N) is 1. The molecular weight excluding hydrogens is 262 g/mol. The molecule has 1 aromatic carbocycles. The molecule has 1 aromatic rings. The van der Waals surface area contributed by atoms with E-state index >= 15 is 0 Å². The molecule has 0 bridgehead atoms. The van der Waals surface area contributed by atoms with Crippen molar-refractivity contribution in [3.05, 3.63) is 34.9 Å². The third-order valence-electron chi connectivity index (χ3n) is 4.39. The smallest absolute Gasteiger partial charge is 0.249 e. The van der Waals surface area contributed by atoms with E-state index in [1.54, 1.807) is 0 Å². The lowest BCUT2D eigenvalue weighted by molar-refractivity contribution is -0.135. The largest absolute Gasteiger partial charge is 0.380 e. The van der Waals surface area contributed by atoms with Gasteiger partial charge in [-0.15, -0.1) is 0 Å². The molecule has 1 amide bonds. The summed E-state index contributed by atoms with van der Waals surface area (Å²) in [4.78, 5) is 11.2. The van der Waals surface area contributed by atoms with E-state index in [9.17, 15) is 9.90 Å². The van der Waals surface area contributed by atoms with Crippen LogP contribution in [0.2, 0.25) is 5.02 Å². The molecule has 0 spiro atoms. The number of carbonyl (C=O) groups is 1. The summed E-state index contributed by atoms with van der Waals surface area (Å²) in [6, 6.07) is 7.87. The average molecular weight is 282 g/mol. The first kappa shape index (κ1) is 14.4. The molecule has 4 heteroatoms. The van der Waals surface area contributed by atoms with Crippen LogP contribution >= 0.6 is 11.6 Å². The Hall–Kier alpha value is -1.06. The Kier molecular flexibility index (Phi) is 3.88. The van der Waals surface area contributed by atoms with Crippen molar-refractivity contribution in [2.75, 3.05) is 0 Å². The molecule has 1 fully saturated rings. The van der Waals surface area contributed by atoms with E-state index in [1.165, 1.54) is 18.9 Å². The van der Waals surface area contributed by atoms with Crippen LogP contribution in [-0.2, 0) is 10.2 Å². The molecule has 0 saturated heterocycles. The van der Waals surface area contributed by atoms with Crippen molar-refractivity contribution < 1.29 is 9.90 Å². The lowest BCUT2D eigenvalue weighted by Crippen LogP contribution is -2.44. The van der Waals surface area contributed by atoms with Gasteiger partial charge in [-0.05, 0) is 55.7 Å². The van der Waals surface area contributed by atoms with Gasteiger partial charge in [0.25, 0.3) is 0 Å². The fourth-order valence-electron chi connectivity index (χ4n) is 2.70. The normalized spacial score (nSPS) is 20.4. The van der Waals surface area contributed by atoms with E-state index in [-0.39, 0.29) is 5.41 Å². The summed E-state index contributed by atoms with van der Waals surface area (Å²) >= 11 is 5.91. The summed E-state index contributed by atoms with van der Waals surface area (Å²) in [5, 5.41) is 10.7. The van der Waals surface area contributed by atoms with E-state index < -0.39 is 11.5 Å². The highest BCUT2D eigenvalue weighted by Crippen LogP contribution is 2.48. The van der Waals surface area contributed by atoms with Gasteiger partial charge in [-0.3, -0.25) is 4.79 Å². The molecule has 2 rings (SSSR count). The molecule has 0 radical (unpaired) electrons. The highest BCUT2D eigenvalue weighted by molar-refractivity contribution is 6.30. The first-order chi connectivity index (χ1) is 8.86. The Labute approximate surface area is 118 Å². The second kappa shape index (κ2) is 5.14. The van der Waals surface area contributed by atoms with E-state index in [2.05, 4.69) is 0 Å². The highest BCUT2D eigenvalue weighted by Gasteiger charge is 2.41. The Morgan fingerprint density at radius 2 is 2.00 bits per heavy atom. The van der Waals surface area contributed by atoms with Crippen LogP contribution in [0.25, 0.3) is 0 Å². The van der Waals surface area contributed by atoms with Crippen molar-refractivity contribution in [2.45, 2.75) is 50.0 Å². The van der Waals surface area contributed by atoms with Crippen molar-refractivity contribution in [1.82, 2.24) is 0 Å². The summed E-state index contributed by atoms with van der Waals surface area (Å²) in [5.41, 5.74) is 5.10. The van der Waals surface area contributed by atoms with E-state index in [4.69, 9.17) is 17.3 Å². The highest BCUT2D eigenvalue weighted by atomic mass is 35.5. The van der Waals surface area contributed by atoms with Gasteiger partial charge >= 0.3 is 0 Å². The molecule has 104 valence electrons. The number of primary amides is 1. The van der Waals surface area contributed by atoms with Crippen molar-refractivity contribution >= 4 is 17.5 Å². The average Bonchev–Trinajstić information content (AvgIpc) is 2.29. The zero-order valence-corrected chi connectivity index (χ0v) is 11.9. The van der Waals surface area contributed by atoms with Gasteiger partial charge in [0.15, 0.2) is 0 Å². The molecule has 3 nitrogen and oxygen atoms in total. The quantitative estimate of drug-likeness (QED) is 0.872. The molecule has 0 aliphatic heterocycles. The maximum Gasteiger partial charge on any atom is 0.249 e. The summed E-state index contributed by atoms with van der Waals surface area (Å²) in [5.74, 6) is -0.655. The number of rotatable bonds is 5. The van der Waals surface area contributed by atoms with Crippen LogP contribution in [0.4, 0.5) is 0 Å². The molecule has 1 atom stereocenters. The predicted molar refractivity (Wildman–Crippen MR) is 76.0 cm³/mol. The molecule has 1 unspecified atom stereocenters. The van der Waals surface area contributed by atoms with E-state index in [0.29, 0.717) is 6.42 Å². The van der Waals surface area contributed by atoms with Crippen LogP contribution in [0.1, 0.15) is 44.6 Å². The van der Waals surface area contributed by atoms with Gasteiger partial charge in [0.05, 0.1) is 0 Å². The minimum atomic E-state index is -1.42. The van der Waals surface area contributed by atoms with Gasteiger partial charge in [-0.25, -0.2) is 0 Å². The van der Waals surface area contributed by atoms with Gasteiger partial charge in [-0.2, -0.15) is 0 Å². The third-order valence-corrected chi connectivity index (χ3v) is 4.64. The Morgan fingerprint density at radius 3 is 2.42 bits per heavy atom. The summed E-state index contributed by atoms with van der Waals surface area (Å²) in [6.07, 6.45) is 4.52. The molecule has 0 aromatic heterocycles. The summed E-state index contributed by atoms with van der Waals surface area (Å²) in [7, 11) is 0. The molecular formula is C15H20ClNO2. The van der Waals surface area contributed by atoms with Crippen molar-refractivity contribution in [3.63, 3.8) is 0 Å². The van der Waals surface area contributed by atoms with Crippen LogP contribution in [0.15, 0.2) is 24.3 Å². The molecule has 3 N–H and O–H groups in total. The van der Waals surface area contributed by atoms with Crippen LogP contribution in [0.5, 0.6) is 0 Å². The first-order valence-electron chi connectivity index (χ1n) is 6.64. The van der Waals surface area contributed by atoms with E-state index in [1.807, 2.05) is 24.3 Å². The zero-order valence-electron chi connectivity index (χ0n) is 11.2. The lowest BCUT2D eigenvalue weighted by Gasteiger charge is -2.44. The van der Waals surface area contributed by atoms with Gasteiger partial charge in [-0.1, -0.05) is 30.2 Å². The fraction of sp³-hybridized carbons (Fsp3) is 0.533. The molecule has 19 heavy (non-hydrogen) atoms. The summed E-state index contributed by atoms with van der Waals surface area (Å²) < 4.78 is 0.